The number of hydrogen-bond donors (Lipinski definition) is 2. The number of nitrogens with zero attached hydrogens (tertiary/aromatic N) is 1. The van der Waals surface area contributed by atoms with Gasteiger partial charge in [-0.2, -0.15) is 0 Å². The van der Waals surface area contributed by atoms with Crippen LogP contribution in [0.4, 0.5) is 5.69 Å². The van der Waals surface area contributed by atoms with Crippen LogP contribution in [0.2, 0.25) is 0 Å². The quantitative estimate of drug-likeness (QED) is 0.527. The lowest BCUT2D eigenvalue weighted by Crippen LogP contribution is -2.49. The third-order valence-electron chi connectivity index (χ3n) is 6.02. The van der Waals surface area contributed by atoms with Gasteiger partial charge in [-0.3, -0.25) is 19.3 Å². The zero-order chi connectivity index (χ0) is 23.8. The fraction of sp³-hybridized carbons (Fsp3) is 0.296. The van der Waals surface area contributed by atoms with E-state index in [4.69, 9.17) is 4.42 Å². The van der Waals surface area contributed by atoms with Crippen LogP contribution >= 0.6 is 0 Å². The highest BCUT2D eigenvalue weighted by molar-refractivity contribution is 6.04. The fourth-order valence-corrected chi connectivity index (χ4v) is 4.34. The molecule has 1 aliphatic carbocycles. The second-order valence-corrected chi connectivity index (χ2v) is 8.42. The molecule has 176 valence electrons. The van der Waals surface area contributed by atoms with Crippen LogP contribution in [-0.4, -0.2) is 30.3 Å². The van der Waals surface area contributed by atoms with Gasteiger partial charge in [-0.15, -0.1) is 0 Å². The Morgan fingerprint density at radius 1 is 0.882 bits per heavy atom. The Morgan fingerprint density at radius 3 is 2.21 bits per heavy atom. The molecule has 34 heavy (non-hydrogen) atoms. The van der Waals surface area contributed by atoms with Gasteiger partial charge in [0.1, 0.15) is 6.04 Å². The van der Waals surface area contributed by atoms with Gasteiger partial charge >= 0.3 is 0 Å². The summed E-state index contributed by atoms with van der Waals surface area (Å²) in [5, 5.41) is 5.78. The molecule has 4 rings (SSSR count). The lowest BCUT2D eigenvalue weighted by molar-refractivity contribution is -0.127. The maximum atomic E-state index is 13.6. The average Bonchev–Trinajstić information content (AvgIpc) is 3.42. The molecule has 1 atom stereocenters. The van der Waals surface area contributed by atoms with Crippen molar-refractivity contribution in [2.45, 2.75) is 44.2 Å². The van der Waals surface area contributed by atoms with E-state index in [9.17, 15) is 14.4 Å². The summed E-state index contributed by atoms with van der Waals surface area (Å²) in [5.41, 5.74) is 1.28. The highest BCUT2D eigenvalue weighted by atomic mass is 16.3. The Balaban J connectivity index is 1.63. The molecule has 7 nitrogen and oxygen atoms in total. The van der Waals surface area contributed by atoms with E-state index in [2.05, 4.69) is 10.6 Å². The van der Waals surface area contributed by atoms with Crippen molar-refractivity contribution >= 4 is 23.4 Å². The molecule has 1 saturated carbocycles. The Bertz CT molecular complexity index is 1080. The molecule has 0 spiro atoms. The largest absolute Gasteiger partial charge is 0.459 e. The van der Waals surface area contributed by atoms with Gasteiger partial charge in [0, 0.05) is 11.7 Å². The Morgan fingerprint density at radius 2 is 1.56 bits per heavy atom. The van der Waals surface area contributed by atoms with Crippen molar-refractivity contribution in [1.82, 2.24) is 10.6 Å². The van der Waals surface area contributed by atoms with Crippen LogP contribution in [0.1, 0.15) is 54.3 Å². The normalized spacial score (nSPS) is 14.7. The first-order valence-corrected chi connectivity index (χ1v) is 11.7. The van der Waals surface area contributed by atoms with Crippen LogP contribution in [0.5, 0.6) is 0 Å². The maximum Gasteiger partial charge on any atom is 0.287 e. The summed E-state index contributed by atoms with van der Waals surface area (Å²) in [7, 11) is 0. The monoisotopic (exact) mass is 459 g/mol. The minimum Gasteiger partial charge on any atom is -0.459 e. The van der Waals surface area contributed by atoms with Gasteiger partial charge < -0.3 is 15.1 Å². The maximum absolute atomic E-state index is 13.6. The first kappa shape index (κ1) is 23.3. The van der Waals surface area contributed by atoms with Crippen molar-refractivity contribution in [1.29, 1.82) is 0 Å². The molecule has 7 heteroatoms. The number of rotatable bonds is 8. The predicted octanol–water partition coefficient (Wildman–Crippen LogP) is 4.23. The van der Waals surface area contributed by atoms with Gasteiger partial charge in [-0.05, 0) is 42.7 Å². The van der Waals surface area contributed by atoms with Crippen LogP contribution in [0.25, 0.3) is 0 Å². The number of benzene rings is 2. The smallest absolute Gasteiger partial charge is 0.287 e. The van der Waals surface area contributed by atoms with Crippen molar-refractivity contribution in [3.63, 3.8) is 0 Å². The van der Waals surface area contributed by atoms with E-state index in [-0.39, 0.29) is 24.3 Å². The van der Waals surface area contributed by atoms with E-state index in [1.54, 1.807) is 18.2 Å². The number of para-hydroxylation sites is 1. The van der Waals surface area contributed by atoms with E-state index < -0.39 is 17.9 Å². The molecule has 1 fully saturated rings. The van der Waals surface area contributed by atoms with Gasteiger partial charge in [0.05, 0.1) is 12.8 Å². The lowest BCUT2D eigenvalue weighted by Gasteiger charge is -2.33. The van der Waals surface area contributed by atoms with E-state index >= 15 is 0 Å². The SMILES string of the molecule is O=C(NCC(=O)N(c1ccccc1)[C@H](C(=O)NC1CCCCC1)c1ccccc1)c1ccco1. The molecule has 1 aromatic heterocycles. The molecule has 2 aromatic carbocycles. The first-order valence-electron chi connectivity index (χ1n) is 11.7. The highest BCUT2D eigenvalue weighted by Gasteiger charge is 2.34. The van der Waals surface area contributed by atoms with Crippen LogP contribution in [0.15, 0.2) is 83.5 Å². The Kier molecular flexibility index (Phi) is 7.75. The predicted molar refractivity (Wildman–Crippen MR) is 129 cm³/mol. The number of carbonyl (C=O) groups is 3. The second-order valence-electron chi connectivity index (χ2n) is 8.42. The summed E-state index contributed by atoms with van der Waals surface area (Å²) < 4.78 is 5.11. The van der Waals surface area contributed by atoms with Crippen molar-refractivity contribution in [3.8, 4) is 0 Å². The van der Waals surface area contributed by atoms with Crippen LogP contribution in [-0.2, 0) is 9.59 Å². The number of carbonyl (C=O) groups excluding carboxylic acids is 3. The number of hydrogen-bond acceptors (Lipinski definition) is 4. The van der Waals surface area contributed by atoms with Crippen molar-refractivity contribution < 1.29 is 18.8 Å². The van der Waals surface area contributed by atoms with Gasteiger partial charge in [0.2, 0.25) is 11.8 Å². The minimum absolute atomic E-state index is 0.0962. The summed E-state index contributed by atoms with van der Waals surface area (Å²) in [6, 6.07) is 20.7. The summed E-state index contributed by atoms with van der Waals surface area (Å²) >= 11 is 0. The molecule has 0 bridgehead atoms. The standard InChI is InChI=1S/C27H29N3O4/c31-24(19-28-26(32)23-17-10-18-34-23)30(22-15-8-3-9-16-22)25(20-11-4-1-5-12-20)27(33)29-21-13-6-2-7-14-21/h1,3-5,8-12,15-18,21,25H,2,6-7,13-14,19H2,(H,28,32)(H,29,33)/t25-/m0/s1. The fourth-order valence-electron chi connectivity index (χ4n) is 4.34. The number of amides is 3. The van der Waals surface area contributed by atoms with Gasteiger partial charge in [-0.1, -0.05) is 67.8 Å². The van der Waals surface area contributed by atoms with E-state index in [1.807, 2.05) is 48.5 Å². The summed E-state index contributed by atoms with van der Waals surface area (Å²) in [6.07, 6.45) is 6.62. The highest BCUT2D eigenvalue weighted by Crippen LogP contribution is 2.29. The molecular formula is C27H29N3O4. The molecule has 3 amide bonds. The third kappa shape index (κ3) is 5.73. The average molecular weight is 460 g/mol. The summed E-state index contributed by atoms with van der Waals surface area (Å²) in [4.78, 5) is 41.0. The number of furan rings is 1. The Labute approximate surface area is 199 Å². The van der Waals surface area contributed by atoms with E-state index in [0.717, 1.165) is 25.7 Å². The van der Waals surface area contributed by atoms with Gasteiger partial charge in [0.15, 0.2) is 5.76 Å². The topological polar surface area (TPSA) is 91.7 Å². The van der Waals surface area contributed by atoms with Crippen LogP contribution in [0.3, 0.4) is 0 Å². The Hall–Kier alpha value is -3.87. The van der Waals surface area contributed by atoms with Crippen LogP contribution < -0.4 is 15.5 Å². The molecule has 0 aliphatic heterocycles. The zero-order valence-corrected chi connectivity index (χ0v) is 19.0. The van der Waals surface area contributed by atoms with Gasteiger partial charge in [0.25, 0.3) is 5.91 Å². The second kappa shape index (κ2) is 11.3. The van der Waals surface area contributed by atoms with Crippen molar-refractivity contribution in [2.24, 2.45) is 0 Å². The third-order valence-corrected chi connectivity index (χ3v) is 6.02. The minimum atomic E-state index is -0.876. The first-order chi connectivity index (χ1) is 16.6. The molecule has 1 aliphatic rings. The van der Waals surface area contributed by atoms with E-state index in [0.29, 0.717) is 11.3 Å². The molecule has 0 saturated heterocycles. The molecule has 0 unspecified atom stereocenters. The molecule has 3 aromatic rings. The van der Waals surface area contributed by atoms with Crippen molar-refractivity contribution in [3.05, 3.63) is 90.4 Å². The summed E-state index contributed by atoms with van der Waals surface area (Å²) in [6.45, 7) is -0.283. The lowest BCUT2D eigenvalue weighted by atomic mass is 9.94. The molecular weight excluding hydrogens is 430 g/mol. The molecule has 0 radical (unpaired) electrons. The summed E-state index contributed by atoms with van der Waals surface area (Å²) in [5.74, 6) is -1.01. The van der Waals surface area contributed by atoms with Crippen LogP contribution in [0, 0.1) is 0 Å². The van der Waals surface area contributed by atoms with Crippen molar-refractivity contribution in [2.75, 3.05) is 11.4 Å². The number of nitrogens with one attached hydrogen (secondary N) is 2. The zero-order valence-electron chi connectivity index (χ0n) is 19.0. The van der Waals surface area contributed by atoms with Gasteiger partial charge in [-0.25, -0.2) is 0 Å². The number of anilines is 1. The molecule has 2 N–H and O–H groups in total. The molecule has 1 heterocycles. The van der Waals surface area contributed by atoms with E-state index in [1.165, 1.54) is 23.7 Å².